The molecule has 2 aromatic heterocycles. The summed E-state index contributed by atoms with van der Waals surface area (Å²) in [5.41, 5.74) is 2.89. The number of para-hydroxylation sites is 1. The highest BCUT2D eigenvalue weighted by atomic mass is 32.1. The van der Waals surface area contributed by atoms with Crippen LogP contribution in [0.4, 0.5) is 0 Å². The predicted molar refractivity (Wildman–Crippen MR) is 103 cm³/mol. The Balaban J connectivity index is 1.64. The van der Waals surface area contributed by atoms with Crippen molar-refractivity contribution >= 4 is 32.9 Å². The second kappa shape index (κ2) is 6.82. The van der Waals surface area contributed by atoms with E-state index in [1.165, 1.54) is 4.70 Å². The van der Waals surface area contributed by atoms with Gasteiger partial charge in [-0.25, -0.2) is 9.97 Å². The van der Waals surface area contributed by atoms with Gasteiger partial charge in [0, 0.05) is 10.9 Å². The molecular formula is C19H16N2O2S2. The van der Waals surface area contributed by atoms with Gasteiger partial charge in [0.1, 0.15) is 21.5 Å². The van der Waals surface area contributed by atoms with E-state index in [1.54, 1.807) is 36.9 Å². The van der Waals surface area contributed by atoms with Gasteiger partial charge < -0.3 is 9.47 Å². The van der Waals surface area contributed by atoms with Gasteiger partial charge in [0.15, 0.2) is 0 Å². The van der Waals surface area contributed by atoms with E-state index in [-0.39, 0.29) is 0 Å². The average Bonchev–Trinajstić information content (AvgIpc) is 3.27. The molecule has 0 unspecified atom stereocenters. The Morgan fingerprint density at radius 2 is 1.84 bits per heavy atom. The molecular weight excluding hydrogens is 352 g/mol. The Morgan fingerprint density at radius 1 is 0.960 bits per heavy atom. The maximum absolute atomic E-state index is 5.47. The third-order valence-electron chi connectivity index (χ3n) is 3.87. The topological polar surface area (TPSA) is 44.2 Å². The van der Waals surface area contributed by atoms with Crippen molar-refractivity contribution in [3.05, 3.63) is 57.9 Å². The molecule has 0 spiro atoms. The largest absolute Gasteiger partial charge is 0.497 e. The van der Waals surface area contributed by atoms with Crippen molar-refractivity contribution in [2.24, 2.45) is 0 Å². The summed E-state index contributed by atoms with van der Waals surface area (Å²) in [6, 6.07) is 13.9. The number of methoxy groups -OCH3 is 2. The van der Waals surface area contributed by atoms with E-state index >= 15 is 0 Å². The number of thiazole rings is 2. The van der Waals surface area contributed by atoms with Crippen LogP contribution in [0.5, 0.6) is 11.5 Å². The van der Waals surface area contributed by atoms with Crippen LogP contribution in [0, 0.1) is 0 Å². The molecule has 0 bridgehead atoms. The van der Waals surface area contributed by atoms with Gasteiger partial charge in [-0.2, -0.15) is 0 Å². The van der Waals surface area contributed by atoms with Crippen LogP contribution in [-0.4, -0.2) is 24.2 Å². The second-order valence-electron chi connectivity index (χ2n) is 5.44. The molecule has 25 heavy (non-hydrogen) atoms. The predicted octanol–water partition coefficient (Wildman–Crippen LogP) is 5.03. The normalized spacial score (nSPS) is 11.0. The molecule has 0 saturated heterocycles. The van der Waals surface area contributed by atoms with Crippen LogP contribution in [0.25, 0.3) is 21.5 Å². The van der Waals surface area contributed by atoms with Crippen LogP contribution in [0.1, 0.15) is 10.0 Å². The second-order valence-corrected chi connectivity index (χ2v) is 7.50. The first-order valence-electron chi connectivity index (χ1n) is 7.78. The van der Waals surface area contributed by atoms with Crippen LogP contribution in [0.2, 0.25) is 0 Å². The number of aromatic nitrogens is 2. The van der Waals surface area contributed by atoms with Crippen LogP contribution in [-0.2, 0) is 6.42 Å². The number of hydrogen-bond acceptors (Lipinski definition) is 6. The zero-order valence-corrected chi connectivity index (χ0v) is 15.5. The Kier molecular flexibility index (Phi) is 4.38. The minimum Gasteiger partial charge on any atom is -0.497 e. The Hall–Kier alpha value is -2.44. The summed E-state index contributed by atoms with van der Waals surface area (Å²) in [5.74, 6) is 1.58. The monoisotopic (exact) mass is 368 g/mol. The molecule has 0 aliphatic rings. The highest BCUT2D eigenvalue weighted by molar-refractivity contribution is 7.18. The van der Waals surface area contributed by atoms with Gasteiger partial charge in [-0.3, -0.25) is 0 Å². The van der Waals surface area contributed by atoms with Crippen molar-refractivity contribution in [3.8, 4) is 22.8 Å². The van der Waals surface area contributed by atoms with Gasteiger partial charge in [0.25, 0.3) is 0 Å². The molecule has 126 valence electrons. The fourth-order valence-electron chi connectivity index (χ4n) is 2.65. The van der Waals surface area contributed by atoms with E-state index in [0.29, 0.717) is 0 Å². The Bertz CT molecular complexity index is 990. The molecule has 4 nitrogen and oxygen atoms in total. The summed E-state index contributed by atoms with van der Waals surface area (Å²) in [4.78, 5) is 9.47. The number of hydrogen-bond donors (Lipinski definition) is 0. The number of nitrogens with zero attached hydrogens (tertiary/aromatic N) is 2. The molecule has 0 saturated carbocycles. The molecule has 0 fully saturated rings. The lowest BCUT2D eigenvalue weighted by atomic mass is 10.1. The number of benzene rings is 2. The van der Waals surface area contributed by atoms with Gasteiger partial charge >= 0.3 is 0 Å². The quantitative estimate of drug-likeness (QED) is 0.496. The van der Waals surface area contributed by atoms with E-state index in [4.69, 9.17) is 19.4 Å². The Labute approximate surface area is 153 Å². The summed E-state index contributed by atoms with van der Waals surface area (Å²) < 4.78 is 12.0. The van der Waals surface area contributed by atoms with E-state index in [1.807, 2.05) is 36.4 Å². The van der Waals surface area contributed by atoms with E-state index in [2.05, 4.69) is 11.4 Å². The van der Waals surface area contributed by atoms with E-state index in [0.717, 1.165) is 44.7 Å². The summed E-state index contributed by atoms with van der Waals surface area (Å²) >= 11 is 3.36. The molecule has 0 radical (unpaired) electrons. The molecule has 0 aliphatic heterocycles. The highest BCUT2D eigenvalue weighted by Crippen LogP contribution is 2.34. The minimum absolute atomic E-state index is 0.746. The van der Waals surface area contributed by atoms with Gasteiger partial charge in [0.2, 0.25) is 0 Å². The molecule has 0 aliphatic carbocycles. The van der Waals surface area contributed by atoms with Crippen LogP contribution >= 0.6 is 22.7 Å². The van der Waals surface area contributed by atoms with Crippen LogP contribution < -0.4 is 9.47 Å². The summed E-state index contributed by atoms with van der Waals surface area (Å²) in [6.07, 6.45) is 0.746. The molecule has 2 aromatic carbocycles. The Morgan fingerprint density at radius 3 is 2.64 bits per heavy atom. The highest BCUT2D eigenvalue weighted by Gasteiger charge is 2.13. The lowest BCUT2D eigenvalue weighted by Gasteiger charge is -2.08. The fraction of sp³-hybridized carbons (Fsp3) is 0.158. The summed E-state index contributed by atoms with van der Waals surface area (Å²) in [6.45, 7) is 0. The summed E-state index contributed by atoms with van der Waals surface area (Å²) in [5, 5.41) is 4.18. The third kappa shape index (κ3) is 3.23. The van der Waals surface area contributed by atoms with E-state index < -0.39 is 0 Å². The first-order valence-corrected chi connectivity index (χ1v) is 9.47. The van der Waals surface area contributed by atoms with Gasteiger partial charge in [-0.1, -0.05) is 12.1 Å². The zero-order valence-electron chi connectivity index (χ0n) is 13.9. The van der Waals surface area contributed by atoms with Gasteiger partial charge in [-0.15, -0.1) is 22.7 Å². The van der Waals surface area contributed by atoms with Crippen molar-refractivity contribution < 1.29 is 9.47 Å². The van der Waals surface area contributed by atoms with Crippen molar-refractivity contribution in [2.45, 2.75) is 6.42 Å². The molecule has 4 aromatic rings. The third-order valence-corrected chi connectivity index (χ3v) is 5.76. The fourth-order valence-corrected chi connectivity index (χ4v) is 4.52. The maximum Gasteiger partial charge on any atom is 0.128 e. The lowest BCUT2D eigenvalue weighted by Crippen LogP contribution is -1.91. The van der Waals surface area contributed by atoms with Gasteiger partial charge in [0.05, 0.1) is 36.6 Å². The SMILES string of the molecule is COc1ccc(OC)c(-c2csc(Cc3nc4ccccc4s3)n2)c1. The maximum atomic E-state index is 5.47. The molecule has 2 heterocycles. The van der Waals surface area contributed by atoms with Crippen LogP contribution in [0.3, 0.4) is 0 Å². The number of fused-ring (bicyclic) bond motifs is 1. The molecule has 0 N–H and O–H groups in total. The number of ether oxygens (including phenoxy) is 2. The van der Waals surface area contributed by atoms with E-state index in [9.17, 15) is 0 Å². The minimum atomic E-state index is 0.746. The van der Waals surface area contributed by atoms with Crippen molar-refractivity contribution in [2.75, 3.05) is 14.2 Å². The molecule has 0 atom stereocenters. The number of rotatable bonds is 5. The van der Waals surface area contributed by atoms with Gasteiger partial charge in [-0.05, 0) is 30.3 Å². The summed E-state index contributed by atoms with van der Waals surface area (Å²) in [7, 11) is 3.32. The first kappa shape index (κ1) is 16.1. The molecule has 0 amide bonds. The molecule has 4 rings (SSSR count). The van der Waals surface area contributed by atoms with Crippen molar-refractivity contribution in [3.63, 3.8) is 0 Å². The van der Waals surface area contributed by atoms with Crippen LogP contribution in [0.15, 0.2) is 47.8 Å². The standard InChI is InChI=1S/C19H16N2O2S2/c1-22-12-7-8-16(23-2)13(9-12)15-11-24-18(21-15)10-19-20-14-5-3-4-6-17(14)25-19/h3-9,11H,10H2,1-2H3. The van der Waals surface area contributed by atoms with Crippen molar-refractivity contribution in [1.82, 2.24) is 9.97 Å². The first-order chi connectivity index (χ1) is 12.3. The average molecular weight is 368 g/mol. The molecule has 6 heteroatoms. The lowest BCUT2D eigenvalue weighted by molar-refractivity contribution is 0.404. The zero-order chi connectivity index (χ0) is 17.2. The van der Waals surface area contributed by atoms with Crippen molar-refractivity contribution in [1.29, 1.82) is 0 Å². The smallest absolute Gasteiger partial charge is 0.128 e.